The predicted molar refractivity (Wildman–Crippen MR) is 83.1 cm³/mol. The number of hydrogen-bond donors (Lipinski definition) is 0. The van der Waals surface area contributed by atoms with Crippen molar-refractivity contribution in [3.8, 4) is 0 Å². The second-order valence-corrected chi connectivity index (χ2v) is 6.14. The van der Waals surface area contributed by atoms with Gasteiger partial charge in [-0.2, -0.15) is 0 Å². The van der Waals surface area contributed by atoms with Gasteiger partial charge in [-0.3, -0.25) is 0 Å². The van der Waals surface area contributed by atoms with Crippen LogP contribution in [0.2, 0.25) is 0 Å². The molecule has 0 aliphatic carbocycles. The number of rotatable bonds is 6. The van der Waals surface area contributed by atoms with Gasteiger partial charge in [-0.05, 0) is 30.7 Å². The topological polar surface area (TPSA) is 29.0 Å². The first-order valence-corrected chi connectivity index (χ1v) is 8.20. The summed E-state index contributed by atoms with van der Waals surface area (Å²) in [6.07, 6.45) is 5.38. The van der Waals surface area contributed by atoms with Crippen LogP contribution in [0.1, 0.15) is 24.8 Å². The molecule has 0 spiro atoms. The number of nitrogens with zero attached hydrogens (tertiary/aromatic N) is 3. The Kier molecular flexibility index (Phi) is 4.95. The normalized spacial score (nSPS) is 11.1. The largest absolute Gasteiger partial charge is 0.358 e. The summed E-state index contributed by atoms with van der Waals surface area (Å²) in [4.78, 5) is 11.0. The molecule has 0 fully saturated rings. The quantitative estimate of drug-likeness (QED) is 0.593. The average molecular weight is 328 g/mol. The van der Waals surface area contributed by atoms with Crippen LogP contribution in [0.15, 0.2) is 11.7 Å². The van der Waals surface area contributed by atoms with Gasteiger partial charge in [0.2, 0.25) is 0 Å². The SMILES string of the molecule is Cc1csc2c(N(C)CCCCCBr)ncnc12. The monoisotopic (exact) mass is 327 g/mol. The average Bonchev–Trinajstić information content (AvgIpc) is 2.76. The first-order chi connectivity index (χ1) is 8.74. The van der Waals surface area contributed by atoms with Crippen molar-refractivity contribution in [2.75, 3.05) is 23.8 Å². The summed E-state index contributed by atoms with van der Waals surface area (Å²) in [6, 6.07) is 0. The minimum atomic E-state index is 1.05. The lowest BCUT2D eigenvalue weighted by Gasteiger charge is -2.18. The Hall–Kier alpha value is -0.680. The fourth-order valence-corrected chi connectivity index (χ4v) is 3.40. The first kappa shape index (κ1) is 13.7. The Morgan fingerprint density at radius 2 is 2.11 bits per heavy atom. The van der Waals surface area contributed by atoms with Crippen molar-refractivity contribution in [1.29, 1.82) is 0 Å². The molecule has 2 heterocycles. The summed E-state index contributed by atoms with van der Waals surface area (Å²) in [5.41, 5.74) is 2.34. The summed E-state index contributed by atoms with van der Waals surface area (Å²) in [6.45, 7) is 3.15. The maximum absolute atomic E-state index is 4.44. The van der Waals surface area contributed by atoms with Crippen LogP contribution in [-0.2, 0) is 0 Å². The number of fused-ring (bicyclic) bond motifs is 1. The lowest BCUT2D eigenvalue weighted by atomic mass is 10.2. The van der Waals surface area contributed by atoms with Gasteiger partial charge in [-0.15, -0.1) is 11.3 Å². The zero-order valence-electron chi connectivity index (χ0n) is 10.8. The van der Waals surface area contributed by atoms with Crippen molar-refractivity contribution in [2.45, 2.75) is 26.2 Å². The molecule has 0 N–H and O–H groups in total. The molecule has 98 valence electrons. The third-order valence-corrected chi connectivity index (χ3v) is 4.64. The Labute approximate surface area is 120 Å². The summed E-state index contributed by atoms with van der Waals surface area (Å²) >= 11 is 5.20. The van der Waals surface area contributed by atoms with Gasteiger partial charge in [-0.1, -0.05) is 22.4 Å². The number of unbranched alkanes of at least 4 members (excludes halogenated alkanes) is 2. The zero-order valence-corrected chi connectivity index (χ0v) is 13.2. The van der Waals surface area contributed by atoms with E-state index in [-0.39, 0.29) is 0 Å². The lowest BCUT2D eigenvalue weighted by molar-refractivity contribution is 0.708. The van der Waals surface area contributed by atoms with Crippen LogP contribution in [0.25, 0.3) is 10.2 Å². The molecule has 3 nitrogen and oxygen atoms in total. The van der Waals surface area contributed by atoms with E-state index in [1.165, 1.54) is 29.5 Å². The second-order valence-electron chi connectivity index (χ2n) is 4.46. The van der Waals surface area contributed by atoms with Crippen LogP contribution in [0.5, 0.6) is 0 Å². The smallest absolute Gasteiger partial charge is 0.149 e. The molecule has 0 bridgehead atoms. The summed E-state index contributed by atoms with van der Waals surface area (Å²) in [5, 5.41) is 3.25. The van der Waals surface area contributed by atoms with E-state index in [1.54, 1.807) is 17.7 Å². The van der Waals surface area contributed by atoms with E-state index in [9.17, 15) is 0 Å². The molecule has 0 atom stereocenters. The van der Waals surface area contributed by atoms with Gasteiger partial charge in [0.25, 0.3) is 0 Å². The molecule has 2 aromatic heterocycles. The van der Waals surface area contributed by atoms with Crippen LogP contribution >= 0.6 is 27.3 Å². The van der Waals surface area contributed by atoms with Gasteiger partial charge in [-0.25, -0.2) is 9.97 Å². The standard InChI is InChI=1S/C13H18BrN3S/c1-10-8-18-12-11(10)15-9-16-13(12)17(2)7-5-3-4-6-14/h8-9H,3-7H2,1-2H3. The molecule has 5 heteroatoms. The third-order valence-electron chi connectivity index (χ3n) is 3.00. The van der Waals surface area contributed by atoms with Crippen molar-refractivity contribution in [3.63, 3.8) is 0 Å². The third kappa shape index (κ3) is 3.01. The minimum Gasteiger partial charge on any atom is -0.358 e. The molecule has 0 aliphatic rings. The van der Waals surface area contributed by atoms with Crippen molar-refractivity contribution in [2.24, 2.45) is 0 Å². The molecule has 0 unspecified atom stereocenters. The van der Waals surface area contributed by atoms with Crippen molar-refractivity contribution in [3.05, 3.63) is 17.3 Å². The number of alkyl halides is 1. The van der Waals surface area contributed by atoms with Crippen molar-refractivity contribution < 1.29 is 0 Å². The number of hydrogen-bond acceptors (Lipinski definition) is 4. The summed E-state index contributed by atoms with van der Waals surface area (Å²) < 4.78 is 1.21. The molecule has 0 radical (unpaired) electrons. The highest BCUT2D eigenvalue weighted by molar-refractivity contribution is 9.09. The van der Waals surface area contributed by atoms with E-state index in [4.69, 9.17) is 0 Å². The number of thiophene rings is 1. The fraction of sp³-hybridized carbons (Fsp3) is 0.538. The summed E-state index contributed by atoms with van der Waals surface area (Å²) in [7, 11) is 2.12. The first-order valence-electron chi connectivity index (χ1n) is 6.20. The minimum absolute atomic E-state index is 1.05. The van der Waals surface area contributed by atoms with Gasteiger partial charge >= 0.3 is 0 Å². The highest BCUT2D eigenvalue weighted by Crippen LogP contribution is 2.30. The van der Waals surface area contributed by atoms with Gasteiger partial charge < -0.3 is 4.90 Å². The maximum Gasteiger partial charge on any atom is 0.149 e. The number of anilines is 1. The summed E-state index contributed by atoms with van der Waals surface area (Å²) in [5.74, 6) is 1.07. The van der Waals surface area contributed by atoms with Crippen molar-refractivity contribution >= 4 is 43.3 Å². The molecular formula is C13H18BrN3S. The molecule has 0 aromatic carbocycles. The maximum atomic E-state index is 4.44. The number of aromatic nitrogens is 2. The van der Waals surface area contributed by atoms with Gasteiger partial charge in [0, 0.05) is 18.9 Å². The number of halogens is 1. The Morgan fingerprint density at radius 3 is 2.89 bits per heavy atom. The molecule has 2 aromatic rings. The van der Waals surface area contributed by atoms with Gasteiger partial charge in [0.15, 0.2) is 0 Å². The highest BCUT2D eigenvalue weighted by Gasteiger charge is 2.11. The highest BCUT2D eigenvalue weighted by atomic mass is 79.9. The van der Waals surface area contributed by atoms with E-state index in [1.807, 2.05) is 0 Å². The van der Waals surface area contributed by atoms with Crippen LogP contribution in [0.3, 0.4) is 0 Å². The molecule has 0 amide bonds. The van der Waals surface area contributed by atoms with E-state index >= 15 is 0 Å². The van der Waals surface area contributed by atoms with Gasteiger partial charge in [0.05, 0.1) is 10.2 Å². The Bertz CT molecular complexity index is 512. The van der Waals surface area contributed by atoms with Crippen LogP contribution in [0.4, 0.5) is 5.82 Å². The van der Waals surface area contributed by atoms with E-state index < -0.39 is 0 Å². The van der Waals surface area contributed by atoms with E-state index in [2.05, 4.69) is 50.1 Å². The van der Waals surface area contributed by atoms with Crippen LogP contribution in [0, 0.1) is 6.92 Å². The zero-order chi connectivity index (χ0) is 13.0. The van der Waals surface area contributed by atoms with E-state index in [0.29, 0.717) is 0 Å². The van der Waals surface area contributed by atoms with Crippen molar-refractivity contribution in [1.82, 2.24) is 9.97 Å². The Balaban J connectivity index is 2.10. The van der Waals surface area contributed by atoms with Gasteiger partial charge in [0.1, 0.15) is 12.1 Å². The molecule has 0 saturated carbocycles. The Morgan fingerprint density at radius 1 is 1.28 bits per heavy atom. The molecule has 2 rings (SSSR count). The molecule has 0 saturated heterocycles. The fourth-order valence-electron chi connectivity index (χ4n) is 1.96. The van der Waals surface area contributed by atoms with Crippen LogP contribution < -0.4 is 4.90 Å². The molecule has 0 aliphatic heterocycles. The molecule has 18 heavy (non-hydrogen) atoms. The lowest BCUT2D eigenvalue weighted by Crippen LogP contribution is -2.19. The second kappa shape index (κ2) is 6.48. The molecular weight excluding hydrogens is 310 g/mol. The van der Waals surface area contributed by atoms with E-state index in [0.717, 1.165) is 23.2 Å². The number of aryl methyl sites for hydroxylation is 1. The predicted octanol–water partition coefficient (Wildman–Crippen LogP) is 4.00. The van der Waals surface area contributed by atoms with Crippen LogP contribution in [-0.4, -0.2) is 28.9 Å².